The van der Waals surface area contributed by atoms with Crippen molar-refractivity contribution in [1.29, 1.82) is 0 Å². The molecule has 0 amide bonds. The molecule has 25 heavy (non-hydrogen) atoms. The Morgan fingerprint density at radius 1 is 1.08 bits per heavy atom. The van der Waals surface area contributed by atoms with Gasteiger partial charge in [0, 0.05) is 4.88 Å². The first-order chi connectivity index (χ1) is 11.9. The number of thiophene rings is 1. The highest BCUT2D eigenvalue weighted by molar-refractivity contribution is 7.22. The normalized spacial score (nSPS) is 12.2. The number of ether oxygens (including phenoxy) is 1. The highest BCUT2D eigenvalue weighted by atomic mass is 32.1. The van der Waals surface area contributed by atoms with Gasteiger partial charge in [0.15, 0.2) is 0 Å². The van der Waals surface area contributed by atoms with Crippen molar-refractivity contribution in [3.8, 4) is 16.2 Å². The smallest absolute Gasteiger partial charge is 0.421 e. The summed E-state index contributed by atoms with van der Waals surface area (Å²) in [4.78, 5) is 0.807. The van der Waals surface area contributed by atoms with E-state index < -0.39 is 11.7 Å². The fraction of sp³-hybridized carbons (Fsp3) is 0.200. The van der Waals surface area contributed by atoms with Crippen molar-refractivity contribution >= 4 is 27.5 Å². The zero-order chi connectivity index (χ0) is 18.0. The molecule has 0 aliphatic heterocycles. The van der Waals surface area contributed by atoms with Crippen LogP contribution in [0, 0.1) is 0 Å². The summed E-state index contributed by atoms with van der Waals surface area (Å²) in [6, 6.07) is 12.7. The minimum absolute atomic E-state index is 0.112. The molecule has 1 nitrogen and oxygen atoms in total. The zero-order valence-corrected chi connectivity index (χ0v) is 14.7. The van der Waals surface area contributed by atoms with Crippen LogP contribution in [0.3, 0.4) is 0 Å². The van der Waals surface area contributed by atoms with E-state index in [1.807, 2.05) is 43.3 Å². The van der Waals surface area contributed by atoms with Gasteiger partial charge in [-0.15, -0.1) is 11.3 Å². The maximum Gasteiger partial charge on any atom is 0.421 e. The second kappa shape index (κ2) is 6.92. The Morgan fingerprint density at radius 3 is 2.40 bits per heavy atom. The average molecular weight is 362 g/mol. The molecular weight excluding hydrogens is 345 g/mol. The molecule has 3 rings (SSSR count). The summed E-state index contributed by atoms with van der Waals surface area (Å²) in [6.07, 6.45) is -0.536. The molecule has 1 aromatic heterocycles. The predicted octanol–water partition coefficient (Wildman–Crippen LogP) is 7.02. The van der Waals surface area contributed by atoms with Crippen LogP contribution in [0.4, 0.5) is 13.2 Å². The molecule has 0 saturated carbocycles. The summed E-state index contributed by atoms with van der Waals surface area (Å²) in [6.45, 7) is 3.81. The summed E-state index contributed by atoms with van der Waals surface area (Å²) in [5.74, 6) is -0.112. The summed E-state index contributed by atoms with van der Waals surface area (Å²) in [7, 11) is 0. The topological polar surface area (TPSA) is 9.23 Å². The van der Waals surface area contributed by atoms with E-state index in [0.29, 0.717) is 5.39 Å². The summed E-state index contributed by atoms with van der Waals surface area (Å²) >= 11 is 1.15. The number of fused-ring (bicyclic) bond motifs is 1. The second-order valence-corrected chi connectivity index (χ2v) is 6.57. The van der Waals surface area contributed by atoms with Crippen molar-refractivity contribution < 1.29 is 17.9 Å². The van der Waals surface area contributed by atoms with Crippen LogP contribution in [0.1, 0.15) is 25.0 Å². The van der Waals surface area contributed by atoms with Crippen LogP contribution in [0.15, 0.2) is 48.5 Å². The lowest BCUT2D eigenvalue weighted by atomic mass is 10.1. The third-order valence-electron chi connectivity index (χ3n) is 3.79. The molecule has 0 radical (unpaired) electrons. The third kappa shape index (κ3) is 3.56. The van der Waals surface area contributed by atoms with Gasteiger partial charge >= 0.3 is 6.18 Å². The average Bonchev–Trinajstić information content (AvgIpc) is 2.98. The zero-order valence-electron chi connectivity index (χ0n) is 13.9. The van der Waals surface area contributed by atoms with Crippen molar-refractivity contribution in [1.82, 2.24) is 0 Å². The minimum Gasteiger partial charge on any atom is -0.493 e. The van der Waals surface area contributed by atoms with Gasteiger partial charge in [-0.05, 0) is 48.6 Å². The molecule has 0 atom stereocenters. The van der Waals surface area contributed by atoms with E-state index >= 15 is 0 Å². The van der Waals surface area contributed by atoms with E-state index in [0.717, 1.165) is 27.3 Å². The highest BCUT2D eigenvalue weighted by Gasteiger charge is 2.37. The molecule has 0 aliphatic carbocycles. The Morgan fingerprint density at radius 2 is 1.80 bits per heavy atom. The standard InChI is InChI=1S/C20H17F3OS/c1-3-5-13-6-8-14(9-7-13)17-12-15-10-11-16(24-4-2)18(19(15)25-17)20(21,22)23/h3,5-12H,4H2,1-2H3/b5-3+. The molecule has 0 spiro atoms. The van der Waals surface area contributed by atoms with Crippen molar-refractivity contribution in [2.45, 2.75) is 20.0 Å². The molecular formula is C20H17F3OS. The molecule has 0 fully saturated rings. The maximum absolute atomic E-state index is 13.6. The van der Waals surface area contributed by atoms with Gasteiger partial charge in [-0.2, -0.15) is 13.2 Å². The molecule has 130 valence electrons. The number of benzene rings is 2. The number of hydrogen-bond acceptors (Lipinski definition) is 2. The largest absolute Gasteiger partial charge is 0.493 e. The highest BCUT2D eigenvalue weighted by Crippen LogP contribution is 2.46. The lowest BCUT2D eigenvalue weighted by molar-refractivity contribution is -0.137. The van der Waals surface area contributed by atoms with E-state index in [1.165, 1.54) is 6.07 Å². The van der Waals surface area contributed by atoms with Gasteiger partial charge < -0.3 is 4.74 Å². The van der Waals surface area contributed by atoms with Crippen molar-refractivity contribution in [3.05, 3.63) is 59.7 Å². The Hall–Kier alpha value is -2.27. The van der Waals surface area contributed by atoms with Gasteiger partial charge in [0.05, 0.1) is 11.3 Å². The molecule has 0 N–H and O–H groups in total. The fourth-order valence-corrected chi connectivity index (χ4v) is 3.95. The van der Waals surface area contributed by atoms with Gasteiger partial charge in [0.2, 0.25) is 0 Å². The van der Waals surface area contributed by atoms with Crippen LogP contribution in [0.5, 0.6) is 5.75 Å². The number of allylic oxidation sites excluding steroid dienone is 1. The Bertz CT molecular complexity index is 905. The Balaban J connectivity index is 2.13. The van der Waals surface area contributed by atoms with E-state index in [2.05, 4.69) is 0 Å². The minimum atomic E-state index is -4.46. The monoisotopic (exact) mass is 362 g/mol. The SMILES string of the molecule is C/C=C/c1ccc(-c2cc3ccc(OCC)c(C(F)(F)F)c3s2)cc1. The van der Waals surface area contributed by atoms with E-state index in [9.17, 15) is 13.2 Å². The first-order valence-corrected chi connectivity index (χ1v) is 8.75. The van der Waals surface area contributed by atoms with Crippen LogP contribution in [-0.4, -0.2) is 6.61 Å². The molecule has 2 aromatic carbocycles. The molecule has 0 aliphatic rings. The summed E-state index contributed by atoms with van der Waals surface area (Å²) < 4.78 is 46.1. The summed E-state index contributed by atoms with van der Waals surface area (Å²) in [5.41, 5.74) is 1.27. The van der Waals surface area contributed by atoms with Gasteiger partial charge in [-0.25, -0.2) is 0 Å². The van der Waals surface area contributed by atoms with Gasteiger partial charge in [0.1, 0.15) is 11.3 Å². The number of rotatable bonds is 4. The molecule has 1 heterocycles. The van der Waals surface area contributed by atoms with Crippen LogP contribution in [0.25, 0.3) is 26.6 Å². The van der Waals surface area contributed by atoms with Crippen molar-refractivity contribution in [2.24, 2.45) is 0 Å². The molecule has 0 bridgehead atoms. The fourth-order valence-electron chi connectivity index (χ4n) is 2.72. The van der Waals surface area contributed by atoms with Crippen LogP contribution in [0.2, 0.25) is 0 Å². The van der Waals surface area contributed by atoms with Gasteiger partial charge in [-0.3, -0.25) is 0 Å². The van der Waals surface area contributed by atoms with E-state index in [-0.39, 0.29) is 17.1 Å². The number of hydrogen-bond donors (Lipinski definition) is 0. The maximum atomic E-state index is 13.6. The lowest BCUT2D eigenvalue weighted by Gasteiger charge is -2.13. The van der Waals surface area contributed by atoms with Gasteiger partial charge in [-0.1, -0.05) is 36.4 Å². The molecule has 5 heteroatoms. The number of alkyl halides is 3. The van der Waals surface area contributed by atoms with E-state index in [4.69, 9.17) is 4.74 Å². The number of halogens is 3. The quantitative estimate of drug-likeness (QED) is 0.484. The second-order valence-electron chi connectivity index (χ2n) is 5.52. The van der Waals surface area contributed by atoms with Crippen LogP contribution >= 0.6 is 11.3 Å². The van der Waals surface area contributed by atoms with Crippen molar-refractivity contribution in [2.75, 3.05) is 6.61 Å². The van der Waals surface area contributed by atoms with Crippen LogP contribution < -0.4 is 4.74 Å². The predicted molar refractivity (Wildman–Crippen MR) is 98.1 cm³/mol. The third-order valence-corrected chi connectivity index (χ3v) is 5.00. The lowest BCUT2D eigenvalue weighted by Crippen LogP contribution is -2.08. The first-order valence-electron chi connectivity index (χ1n) is 7.93. The van der Waals surface area contributed by atoms with E-state index in [1.54, 1.807) is 19.1 Å². The Kier molecular flexibility index (Phi) is 4.86. The molecule has 0 saturated heterocycles. The molecule has 0 unspecified atom stereocenters. The Labute approximate surface area is 148 Å². The van der Waals surface area contributed by atoms with Crippen LogP contribution in [-0.2, 0) is 6.18 Å². The summed E-state index contributed by atoms with van der Waals surface area (Å²) in [5, 5.41) is 0.577. The molecule has 3 aromatic rings. The van der Waals surface area contributed by atoms with Crippen molar-refractivity contribution in [3.63, 3.8) is 0 Å². The first kappa shape index (κ1) is 17.5. The van der Waals surface area contributed by atoms with Gasteiger partial charge in [0.25, 0.3) is 0 Å².